The molecule has 1 atom stereocenters. The number of hydrogen-bond donors (Lipinski definition) is 2. The number of nitrogens with two attached hydrogens (primary N) is 1. The summed E-state index contributed by atoms with van der Waals surface area (Å²) in [6.07, 6.45) is -6.89. The Balaban J connectivity index is 1.80. The number of halogens is 5. The van der Waals surface area contributed by atoms with E-state index in [1.54, 1.807) is 0 Å². The summed E-state index contributed by atoms with van der Waals surface area (Å²) in [5, 5.41) is 0. The van der Waals surface area contributed by atoms with Crippen LogP contribution in [0, 0.1) is 11.6 Å². The minimum Gasteiger partial charge on any atom is -0.383 e. The van der Waals surface area contributed by atoms with Crippen molar-refractivity contribution in [1.29, 1.82) is 0 Å². The molecule has 2 aromatic carbocycles. The monoisotopic (exact) mass is 370 g/mol. The standard InChI is InChI=1S/C16H11F5N4O/c17-10-5-6-12(11(18)7-10)23-13(22)8-1-3-9(4-2-8)14-24-15(26-25-14)16(19,20)21/h1-7,15H,(H2,22,23)(H,24,25). The fourth-order valence-corrected chi connectivity index (χ4v) is 2.12. The molecular formula is C16H11F5N4O. The summed E-state index contributed by atoms with van der Waals surface area (Å²) in [6.45, 7) is 0. The van der Waals surface area contributed by atoms with E-state index in [2.05, 4.69) is 20.3 Å². The van der Waals surface area contributed by atoms with Gasteiger partial charge >= 0.3 is 6.18 Å². The third-order valence-corrected chi connectivity index (χ3v) is 3.40. The quantitative estimate of drug-likeness (QED) is 0.495. The molecule has 5 nitrogen and oxygen atoms in total. The number of benzene rings is 2. The molecule has 0 saturated carbocycles. The molecule has 0 fully saturated rings. The molecule has 0 aliphatic carbocycles. The van der Waals surface area contributed by atoms with E-state index < -0.39 is 24.0 Å². The van der Waals surface area contributed by atoms with Crippen LogP contribution in [0.1, 0.15) is 11.1 Å². The zero-order chi connectivity index (χ0) is 18.9. The van der Waals surface area contributed by atoms with E-state index in [9.17, 15) is 22.0 Å². The van der Waals surface area contributed by atoms with E-state index in [4.69, 9.17) is 5.73 Å². The Morgan fingerprint density at radius 3 is 2.38 bits per heavy atom. The molecule has 0 radical (unpaired) electrons. The molecule has 1 heterocycles. The van der Waals surface area contributed by atoms with Gasteiger partial charge in [-0.2, -0.15) is 13.2 Å². The van der Waals surface area contributed by atoms with Gasteiger partial charge in [0.1, 0.15) is 17.3 Å². The highest BCUT2D eigenvalue weighted by atomic mass is 19.4. The first-order valence-corrected chi connectivity index (χ1v) is 7.20. The van der Waals surface area contributed by atoms with Gasteiger partial charge in [0.25, 0.3) is 6.23 Å². The van der Waals surface area contributed by atoms with Gasteiger partial charge in [0, 0.05) is 17.2 Å². The summed E-state index contributed by atoms with van der Waals surface area (Å²) in [7, 11) is 0. The molecular weight excluding hydrogens is 359 g/mol. The molecule has 0 bridgehead atoms. The van der Waals surface area contributed by atoms with Crippen LogP contribution in [0.5, 0.6) is 0 Å². The molecule has 1 unspecified atom stereocenters. The molecule has 0 aromatic heterocycles. The van der Waals surface area contributed by atoms with Crippen LogP contribution >= 0.6 is 0 Å². The molecule has 10 heteroatoms. The van der Waals surface area contributed by atoms with E-state index in [1.807, 2.05) is 0 Å². The normalized spacial score (nSPS) is 17.8. The number of nitrogens with zero attached hydrogens (tertiary/aromatic N) is 2. The third kappa shape index (κ3) is 3.80. The van der Waals surface area contributed by atoms with Crippen molar-refractivity contribution in [2.24, 2.45) is 15.7 Å². The number of aliphatic imine (C=N–C) groups is 2. The number of hydroxylamine groups is 1. The highest BCUT2D eigenvalue weighted by Gasteiger charge is 2.44. The first kappa shape index (κ1) is 17.8. The second-order valence-electron chi connectivity index (χ2n) is 5.26. The predicted molar refractivity (Wildman–Crippen MR) is 83.8 cm³/mol. The Morgan fingerprint density at radius 1 is 1.12 bits per heavy atom. The molecule has 26 heavy (non-hydrogen) atoms. The minimum absolute atomic E-state index is 0.0483. The van der Waals surface area contributed by atoms with Crippen molar-refractivity contribution in [1.82, 2.24) is 5.48 Å². The second kappa shape index (κ2) is 6.71. The highest BCUT2D eigenvalue weighted by molar-refractivity contribution is 6.02. The van der Waals surface area contributed by atoms with Crippen LogP contribution in [-0.2, 0) is 4.84 Å². The molecule has 3 N–H and O–H groups in total. The molecule has 0 saturated heterocycles. The maximum Gasteiger partial charge on any atom is 0.437 e. The molecule has 2 aromatic rings. The summed E-state index contributed by atoms with van der Waals surface area (Å²) in [4.78, 5) is 11.6. The lowest BCUT2D eigenvalue weighted by Crippen LogP contribution is -2.29. The van der Waals surface area contributed by atoms with Crippen LogP contribution in [0.4, 0.5) is 27.6 Å². The lowest BCUT2D eigenvalue weighted by atomic mass is 10.1. The minimum atomic E-state index is -4.62. The number of hydrogen-bond acceptors (Lipinski definition) is 4. The predicted octanol–water partition coefficient (Wildman–Crippen LogP) is 3.17. The molecule has 0 spiro atoms. The molecule has 136 valence electrons. The lowest BCUT2D eigenvalue weighted by Gasteiger charge is -2.08. The second-order valence-corrected chi connectivity index (χ2v) is 5.26. The molecule has 1 aliphatic heterocycles. The Kier molecular flexibility index (Phi) is 4.60. The maximum atomic E-state index is 13.6. The summed E-state index contributed by atoms with van der Waals surface area (Å²) >= 11 is 0. The van der Waals surface area contributed by atoms with E-state index in [0.717, 1.165) is 12.1 Å². The van der Waals surface area contributed by atoms with Crippen molar-refractivity contribution in [3.63, 3.8) is 0 Å². The summed E-state index contributed by atoms with van der Waals surface area (Å²) in [5.74, 6) is -1.75. The maximum absolute atomic E-state index is 13.6. The topological polar surface area (TPSA) is 72.0 Å². The van der Waals surface area contributed by atoms with Gasteiger partial charge in [-0.05, 0) is 12.1 Å². The summed E-state index contributed by atoms with van der Waals surface area (Å²) in [6, 6.07) is 8.70. The van der Waals surface area contributed by atoms with Crippen LogP contribution in [0.2, 0.25) is 0 Å². The number of alkyl halides is 3. The van der Waals surface area contributed by atoms with E-state index in [-0.39, 0.29) is 17.4 Å². The van der Waals surface area contributed by atoms with Gasteiger partial charge in [-0.25, -0.2) is 29.1 Å². The van der Waals surface area contributed by atoms with Gasteiger partial charge in [-0.3, -0.25) is 0 Å². The van der Waals surface area contributed by atoms with E-state index in [1.165, 1.54) is 24.3 Å². The van der Waals surface area contributed by atoms with Crippen LogP contribution in [0.3, 0.4) is 0 Å². The summed E-state index contributed by atoms with van der Waals surface area (Å²) in [5.41, 5.74) is 8.49. The zero-order valence-corrected chi connectivity index (χ0v) is 12.9. The fourth-order valence-electron chi connectivity index (χ4n) is 2.12. The lowest BCUT2D eigenvalue weighted by molar-refractivity contribution is -0.220. The van der Waals surface area contributed by atoms with Gasteiger partial charge < -0.3 is 5.73 Å². The van der Waals surface area contributed by atoms with Crippen LogP contribution < -0.4 is 11.2 Å². The number of amidine groups is 2. The molecule has 0 amide bonds. The SMILES string of the molecule is NC(=Nc1ccc(F)cc1F)c1ccc(C2=NC(C(F)(F)F)ON2)cc1. The third-order valence-electron chi connectivity index (χ3n) is 3.40. The number of rotatable bonds is 3. The van der Waals surface area contributed by atoms with E-state index >= 15 is 0 Å². The summed E-state index contributed by atoms with van der Waals surface area (Å²) < 4.78 is 64.1. The van der Waals surface area contributed by atoms with Crippen molar-refractivity contribution >= 4 is 17.4 Å². The smallest absolute Gasteiger partial charge is 0.383 e. The van der Waals surface area contributed by atoms with Gasteiger partial charge in [0.2, 0.25) is 0 Å². The zero-order valence-electron chi connectivity index (χ0n) is 12.9. The van der Waals surface area contributed by atoms with Gasteiger partial charge in [0.15, 0.2) is 11.7 Å². The fraction of sp³-hybridized carbons (Fsp3) is 0.125. The van der Waals surface area contributed by atoms with Crippen molar-refractivity contribution in [3.05, 3.63) is 65.2 Å². The number of nitrogens with one attached hydrogen (secondary N) is 1. The van der Waals surface area contributed by atoms with Crippen molar-refractivity contribution in [3.8, 4) is 0 Å². The van der Waals surface area contributed by atoms with Crippen molar-refractivity contribution in [2.45, 2.75) is 12.4 Å². The first-order valence-electron chi connectivity index (χ1n) is 7.20. The van der Waals surface area contributed by atoms with E-state index in [0.29, 0.717) is 17.2 Å². The van der Waals surface area contributed by atoms with Crippen molar-refractivity contribution in [2.75, 3.05) is 0 Å². The largest absolute Gasteiger partial charge is 0.437 e. The van der Waals surface area contributed by atoms with Crippen LogP contribution in [0.15, 0.2) is 52.4 Å². The Labute approximate surface area is 144 Å². The van der Waals surface area contributed by atoms with Crippen molar-refractivity contribution < 1.29 is 26.8 Å². The highest BCUT2D eigenvalue weighted by Crippen LogP contribution is 2.26. The van der Waals surface area contributed by atoms with Crippen LogP contribution in [-0.4, -0.2) is 24.1 Å². The van der Waals surface area contributed by atoms with Gasteiger partial charge in [-0.15, -0.1) is 0 Å². The average molecular weight is 370 g/mol. The Bertz CT molecular complexity index is 877. The molecule has 3 rings (SSSR count). The molecule has 1 aliphatic rings. The van der Waals surface area contributed by atoms with Gasteiger partial charge in [-0.1, -0.05) is 24.3 Å². The van der Waals surface area contributed by atoms with Crippen LogP contribution in [0.25, 0.3) is 0 Å². The van der Waals surface area contributed by atoms with Gasteiger partial charge in [0.05, 0.1) is 0 Å². The Morgan fingerprint density at radius 2 is 1.81 bits per heavy atom. The average Bonchev–Trinajstić information content (AvgIpc) is 3.08. The first-order chi connectivity index (χ1) is 12.2. The Hall–Kier alpha value is -3.01.